The Morgan fingerprint density at radius 1 is 1.11 bits per heavy atom. The molecule has 2 aromatic heterocycles. The summed E-state index contributed by atoms with van der Waals surface area (Å²) in [6, 6.07) is 7.97. The fourth-order valence-electron chi connectivity index (χ4n) is 2.46. The molecule has 144 valence electrons. The molecule has 1 aromatic carbocycles. The Bertz CT molecular complexity index is 1190. The van der Waals surface area contributed by atoms with Crippen LogP contribution in [0.15, 0.2) is 53.7 Å². The molecule has 2 heterocycles. The zero-order valence-electron chi connectivity index (χ0n) is 14.4. The number of primary sulfonamides is 1. The first kappa shape index (κ1) is 19.6. The van der Waals surface area contributed by atoms with Crippen molar-refractivity contribution in [1.82, 2.24) is 14.8 Å². The molecule has 0 atom stereocenters. The second kappa shape index (κ2) is 7.10. The number of pyridine rings is 1. The van der Waals surface area contributed by atoms with Crippen molar-refractivity contribution in [3.05, 3.63) is 65.6 Å². The first-order chi connectivity index (χ1) is 13.1. The average molecular weight is 406 g/mol. The fraction of sp³-hybridized carbons (Fsp3) is 0.111. The van der Waals surface area contributed by atoms with E-state index in [0.717, 1.165) is 12.3 Å². The Morgan fingerprint density at radius 2 is 1.86 bits per heavy atom. The van der Waals surface area contributed by atoms with Gasteiger partial charge in [-0.05, 0) is 30.3 Å². The Balaban J connectivity index is 1.99. The third kappa shape index (κ3) is 4.21. The van der Waals surface area contributed by atoms with Gasteiger partial charge < -0.3 is 0 Å². The van der Waals surface area contributed by atoms with Crippen molar-refractivity contribution in [3.63, 3.8) is 0 Å². The molecule has 3 aromatic rings. The highest BCUT2D eigenvalue weighted by molar-refractivity contribution is 7.89. The molecule has 0 radical (unpaired) electrons. The van der Waals surface area contributed by atoms with Crippen molar-refractivity contribution in [2.75, 3.05) is 0 Å². The lowest BCUT2D eigenvalue weighted by Crippen LogP contribution is -2.11. The number of alkyl halides is 3. The molecule has 0 aliphatic rings. The quantitative estimate of drug-likeness (QED) is 0.662. The van der Waals surface area contributed by atoms with Crippen molar-refractivity contribution < 1.29 is 21.6 Å². The second-order valence-corrected chi connectivity index (χ2v) is 7.34. The summed E-state index contributed by atoms with van der Waals surface area (Å²) in [5.74, 6) is 5.66. The molecule has 10 heteroatoms. The highest BCUT2D eigenvalue weighted by Gasteiger charge is 2.32. The second-order valence-electron chi connectivity index (χ2n) is 5.78. The lowest BCUT2D eigenvalue weighted by atomic mass is 10.1. The SMILES string of the molecule is Cn1ncc(C#Cc2cccc(S(N)(=O)=O)c2)c1-c1ccc(C(F)(F)F)nc1. The summed E-state index contributed by atoms with van der Waals surface area (Å²) in [5.41, 5.74) is 0.759. The van der Waals surface area contributed by atoms with E-state index in [1.807, 2.05) is 0 Å². The highest BCUT2D eigenvalue weighted by atomic mass is 32.2. The Kier molecular flexibility index (Phi) is 4.97. The number of nitrogens with two attached hydrogens (primary N) is 1. The summed E-state index contributed by atoms with van der Waals surface area (Å²) in [6.45, 7) is 0. The number of rotatable bonds is 2. The molecular weight excluding hydrogens is 393 g/mol. The van der Waals surface area contributed by atoms with E-state index >= 15 is 0 Å². The van der Waals surface area contributed by atoms with E-state index in [-0.39, 0.29) is 4.90 Å². The highest BCUT2D eigenvalue weighted by Crippen LogP contribution is 2.29. The molecule has 0 aliphatic heterocycles. The molecule has 0 amide bonds. The van der Waals surface area contributed by atoms with Gasteiger partial charge in [0.2, 0.25) is 10.0 Å². The van der Waals surface area contributed by atoms with Gasteiger partial charge in [0.1, 0.15) is 5.69 Å². The van der Waals surface area contributed by atoms with E-state index in [2.05, 4.69) is 21.9 Å². The zero-order chi connectivity index (χ0) is 20.5. The predicted octanol–water partition coefficient (Wildman–Crippen LogP) is 2.55. The molecule has 0 saturated carbocycles. The predicted molar refractivity (Wildman–Crippen MR) is 95.2 cm³/mol. The molecule has 0 spiro atoms. The van der Waals surface area contributed by atoms with E-state index < -0.39 is 21.9 Å². The maximum atomic E-state index is 12.7. The molecule has 0 saturated heterocycles. The lowest BCUT2D eigenvalue weighted by molar-refractivity contribution is -0.141. The molecule has 0 fully saturated rings. The van der Waals surface area contributed by atoms with Crippen LogP contribution in [0.5, 0.6) is 0 Å². The topological polar surface area (TPSA) is 90.9 Å². The zero-order valence-corrected chi connectivity index (χ0v) is 15.2. The number of aromatic nitrogens is 3. The van der Waals surface area contributed by atoms with E-state index in [1.165, 1.54) is 35.1 Å². The largest absolute Gasteiger partial charge is 0.433 e. The Hall–Kier alpha value is -3.16. The molecule has 3 rings (SSSR count). The first-order valence-corrected chi connectivity index (χ1v) is 9.31. The Morgan fingerprint density at radius 3 is 2.46 bits per heavy atom. The third-order valence-corrected chi connectivity index (χ3v) is 4.68. The molecule has 0 aliphatic carbocycles. The van der Waals surface area contributed by atoms with Crippen LogP contribution in [0.25, 0.3) is 11.3 Å². The maximum Gasteiger partial charge on any atom is 0.433 e. The summed E-state index contributed by atoms with van der Waals surface area (Å²) in [5, 5.41) is 9.18. The number of nitrogens with zero attached hydrogens (tertiary/aromatic N) is 3. The van der Waals surface area contributed by atoms with E-state index in [4.69, 9.17) is 5.14 Å². The van der Waals surface area contributed by atoms with Crippen LogP contribution in [0.3, 0.4) is 0 Å². The minimum absolute atomic E-state index is 0.0716. The van der Waals surface area contributed by atoms with Crippen LogP contribution < -0.4 is 5.14 Å². The molecule has 6 nitrogen and oxygen atoms in total. The number of aryl methyl sites for hydroxylation is 1. The van der Waals surface area contributed by atoms with Crippen LogP contribution in [0.4, 0.5) is 13.2 Å². The van der Waals surface area contributed by atoms with Crippen LogP contribution >= 0.6 is 0 Å². The van der Waals surface area contributed by atoms with Gasteiger partial charge in [-0.15, -0.1) is 0 Å². The van der Waals surface area contributed by atoms with Crippen molar-refractivity contribution >= 4 is 10.0 Å². The molecule has 0 bridgehead atoms. The van der Waals surface area contributed by atoms with Crippen LogP contribution in [0, 0.1) is 11.8 Å². The van der Waals surface area contributed by atoms with Crippen molar-refractivity contribution in [3.8, 4) is 23.1 Å². The van der Waals surface area contributed by atoms with E-state index in [9.17, 15) is 21.6 Å². The van der Waals surface area contributed by atoms with Gasteiger partial charge in [-0.25, -0.2) is 13.6 Å². The van der Waals surface area contributed by atoms with Gasteiger partial charge in [0.25, 0.3) is 0 Å². The van der Waals surface area contributed by atoms with Gasteiger partial charge in [-0.3, -0.25) is 9.67 Å². The summed E-state index contributed by atoms with van der Waals surface area (Å²) in [4.78, 5) is 3.38. The molecule has 2 N–H and O–H groups in total. The third-order valence-electron chi connectivity index (χ3n) is 3.77. The van der Waals surface area contributed by atoms with Crippen LogP contribution in [0.1, 0.15) is 16.8 Å². The molecule has 0 unspecified atom stereocenters. The average Bonchev–Trinajstić information content (AvgIpc) is 2.99. The molecular formula is C18H13F3N4O2S. The van der Waals surface area contributed by atoms with E-state index in [0.29, 0.717) is 22.4 Å². The Labute approximate surface area is 158 Å². The van der Waals surface area contributed by atoms with Gasteiger partial charge >= 0.3 is 6.18 Å². The number of hydrogen-bond acceptors (Lipinski definition) is 4. The van der Waals surface area contributed by atoms with Gasteiger partial charge in [0.05, 0.1) is 22.3 Å². The van der Waals surface area contributed by atoms with Crippen LogP contribution in [-0.2, 0) is 23.2 Å². The van der Waals surface area contributed by atoms with Crippen molar-refractivity contribution in [2.24, 2.45) is 12.2 Å². The molecule has 28 heavy (non-hydrogen) atoms. The fourth-order valence-corrected chi connectivity index (χ4v) is 3.02. The maximum absolute atomic E-state index is 12.7. The lowest BCUT2D eigenvalue weighted by Gasteiger charge is -2.07. The summed E-state index contributed by atoms with van der Waals surface area (Å²) < 4.78 is 62.4. The van der Waals surface area contributed by atoms with Gasteiger partial charge in [0.15, 0.2) is 0 Å². The standard InChI is InChI=1S/C18H13F3N4O2S/c1-25-17(13-7-8-16(23-10-13)18(19,20)21)14(11-24-25)6-5-12-3-2-4-15(9-12)28(22,26)27/h2-4,7-11H,1H3,(H2,22,26,27). The monoisotopic (exact) mass is 406 g/mol. The summed E-state index contributed by atoms with van der Waals surface area (Å²) in [7, 11) is -2.23. The first-order valence-electron chi connectivity index (χ1n) is 7.76. The summed E-state index contributed by atoms with van der Waals surface area (Å²) in [6.07, 6.45) is -1.96. The number of sulfonamides is 1. The van der Waals surface area contributed by atoms with Crippen LogP contribution in [0.2, 0.25) is 0 Å². The van der Waals surface area contributed by atoms with Gasteiger partial charge in [-0.1, -0.05) is 17.9 Å². The van der Waals surface area contributed by atoms with Crippen molar-refractivity contribution in [1.29, 1.82) is 0 Å². The number of halogens is 3. The van der Waals surface area contributed by atoms with E-state index in [1.54, 1.807) is 13.1 Å². The minimum Gasteiger partial charge on any atom is -0.267 e. The van der Waals surface area contributed by atoms with Gasteiger partial charge in [-0.2, -0.15) is 18.3 Å². The van der Waals surface area contributed by atoms with Gasteiger partial charge in [0, 0.05) is 24.4 Å². The number of hydrogen-bond donors (Lipinski definition) is 1. The minimum atomic E-state index is -4.53. The normalized spacial score (nSPS) is 11.8. The van der Waals surface area contributed by atoms with Crippen LogP contribution in [-0.4, -0.2) is 23.2 Å². The summed E-state index contributed by atoms with van der Waals surface area (Å²) >= 11 is 0. The smallest absolute Gasteiger partial charge is 0.267 e. The number of benzene rings is 1. The van der Waals surface area contributed by atoms with Crippen molar-refractivity contribution in [2.45, 2.75) is 11.1 Å².